The maximum Gasteiger partial charge on any atom is 0.205 e. The van der Waals surface area contributed by atoms with Crippen LogP contribution in [0.2, 0.25) is 0 Å². The van der Waals surface area contributed by atoms with E-state index in [1.54, 1.807) is 7.11 Å². The van der Waals surface area contributed by atoms with E-state index in [1.807, 2.05) is 0 Å². The van der Waals surface area contributed by atoms with Crippen molar-refractivity contribution in [1.82, 2.24) is 9.55 Å². The Labute approximate surface area is 115 Å². The summed E-state index contributed by atoms with van der Waals surface area (Å²) < 4.78 is 7.38. The van der Waals surface area contributed by atoms with Gasteiger partial charge in [-0.3, -0.25) is 0 Å². The summed E-state index contributed by atoms with van der Waals surface area (Å²) in [7, 11) is 1.73. The Morgan fingerprint density at radius 3 is 2.95 bits per heavy atom. The third-order valence-electron chi connectivity index (χ3n) is 4.00. The van der Waals surface area contributed by atoms with Crippen LogP contribution in [-0.2, 0) is 17.7 Å². The fraction of sp³-hybridized carbons (Fsp3) is 0.786. The first-order chi connectivity index (χ1) is 9.15. The predicted octanol–water partition coefficient (Wildman–Crippen LogP) is 1.27. The molecule has 0 saturated carbocycles. The van der Waals surface area contributed by atoms with Crippen LogP contribution >= 0.6 is 0 Å². The minimum Gasteiger partial charge on any atom is -0.383 e. The van der Waals surface area contributed by atoms with E-state index in [9.17, 15) is 0 Å². The zero-order valence-corrected chi connectivity index (χ0v) is 12.3. The minimum absolute atomic E-state index is 0.242. The van der Waals surface area contributed by atoms with Crippen molar-refractivity contribution >= 4 is 5.95 Å². The Morgan fingerprint density at radius 2 is 2.32 bits per heavy atom. The third-order valence-corrected chi connectivity index (χ3v) is 4.00. The van der Waals surface area contributed by atoms with E-state index >= 15 is 0 Å². The molecule has 1 fully saturated rings. The van der Waals surface area contributed by atoms with Crippen molar-refractivity contribution in [3.63, 3.8) is 0 Å². The lowest BCUT2D eigenvalue weighted by molar-refractivity contribution is 0.187. The van der Waals surface area contributed by atoms with Crippen molar-refractivity contribution < 1.29 is 4.74 Å². The Balaban J connectivity index is 2.15. The van der Waals surface area contributed by atoms with Crippen molar-refractivity contribution in [2.24, 2.45) is 11.7 Å². The number of piperidine rings is 1. The van der Waals surface area contributed by atoms with Gasteiger partial charge in [-0.1, -0.05) is 13.8 Å². The Hall–Kier alpha value is -1.07. The molecule has 2 atom stereocenters. The molecule has 0 amide bonds. The zero-order valence-electron chi connectivity index (χ0n) is 12.3. The second-order valence-corrected chi connectivity index (χ2v) is 5.45. The van der Waals surface area contributed by atoms with Crippen LogP contribution in [0, 0.1) is 5.92 Å². The number of hydrogen-bond donors (Lipinski definition) is 1. The van der Waals surface area contributed by atoms with Gasteiger partial charge in [0.2, 0.25) is 5.95 Å². The number of nitrogens with zero attached hydrogens (tertiary/aromatic N) is 3. The highest BCUT2D eigenvalue weighted by atomic mass is 16.5. The molecule has 0 aliphatic carbocycles. The molecule has 1 aromatic heterocycles. The van der Waals surface area contributed by atoms with Crippen LogP contribution < -0.4 is 10.6 Å². The molecule has 108 valence electrons. The second kappa shape index (κ2) is 6.39. The maximum atomic E-state index is 6.19. The molecule has 5 nitrogen and oxygen atoms in total. The number of aromatic nitrogens is 2. The van der Waals surface area contributed by atoms with Crippen molar-refractivity contribution in [3.05, 3.63) is 11.9 Å². The Bertz CT molecular complexity index is 404. The highest BCUT2D eigenvalue weighted by Gasteiger charge is 2.26. The van der Waals surface area contributed by atoms with Gasteiger partial charge in [0.05, 0.1) is 12.3 Å². The normalized spacial score (nSPS) is 23.9. The third kappa shape index (κ3) is 3.28. The molecule has 0 bridgehead atoms. The summed E-state index contributed by atoms with van der Waals surface area (Å²) in [5, 5.41) is 0. The molecule has 1 saturated heterocycles. The Kier molecular flexibility index (Phi) is 4.82. The molecule has 0 aromatic carbocycles. The van der Waals surface area contributed by atoms with Crippen molar-refractivity contribution in [2.75, 3.05) is 31.7 Å². The number of ether oxygens (including phenoxy) is 1. The smallest absolute Gasteiger partial charge is 0.205 e. The van der Waals surface area contributed by atoms with E-state index in [1.165, 1.54) is 0 Å². The fourth-order valence-corrected chi connectivity index (χ4v) is 2.52. The largest absolute Gasteiger partial charge is 0.383 e. The van der Waals surface area contributed by atoms with Gasteiger partial charge in [0.15, 0.2) is 0 Å². The molecule has 5 heteroatoms. The van der Waals surface area contributed by atoms with Crippen LogP contribution in [0.1, 0.15) is 26.0 Å². The maximum absolute atomic E-state index is 6.19. The number of methoxy groups -OCH3 is 1. The van der Waals surface area contributed by atoms with Crippen molar-refractivity contribution in [3.8, 4) is 0 Å². The van der Waals surface area contributed by atoms with E-state index in [0.717, 1.165) is 44.1 Å². The van der Waals surface area contributed by atoms with Gasteiger partial charge in [0, 0.05) is 39.0 Å². The molecule has 2 unspecified atom stereocenters. The molecular weight excluding hydrogens is 240 g/mol. The van der Waals surface area contributed by atoms with Gasteiger partial charge in [0.1, 0.15) is 0 Å². The van der Waals surface area contributed by atoms with Gasteiger partial charge in [-0.05, 0) is 18.8 Å². The van der Waals surface area contributed by atoms with E-state index < -0.39 is 0 Å². The first kappa shape index (κ1) is 14.3. The Morgan fingerprint density at radius 1 is 1.53 bits per heavy atom. The summed E-state index contributed by atoms with van der Waals surface area (Å²) in [5.41, 5.74) is 7.33. The summed E-state index contributed by atoms with van der Waals surface area (Å²) in [4.78, 5) is 7.06. The average molecular weight is 266 g/mol. The molecular formula is C14H26N4O. The monoisotopic (exact) mass is 266 g/mol. The van der Waals surface area contributed by atoms with E-state index in [-0.39, 0.29) is 6.04 Å². The number of nitrogens with two attached hydrogens (primary N) is 1. The number of rotatable bonds is 5. The fourth-order valence-electron chi connectivity index (χ4n) is 2.52. The van der Waals surface area contributed by atoms with Crippen LogP contribution in [0.25, 0.3) is 0 Å². The minimum atomic E-state index is 0.242. The summed E-state index contributed by atoms with van der Waals surface area (Å²) in [5.74, 6) is 1.65. The number of aryl methyl sites for hydroxylation is 1. The average Bonchev–Trinajstić information content (AvgIpc) is 2.83. The van der Waals surface area contributed by atoms with E-state index in [0.29, 0.717) is 12.5 Å². The highest BCUT2D eigenvalue weighted by Crippen LogP contribution is 2.22. The lowest BCUT2D eigenvalue weighted by Gasteiger charge is -2.35. The highest BCUT2D eigenvalue weighted by molar-refractivity contribution is 5.35. The number of imidazole rings is 1. The van der Waals surface area contributed by atoms with Crippen LogP contribution in [0.3, 0.4) is 0 Å². The summed E-state index contributed by atoms with van der Waals surface area (Å²) >= 11 is 0. The van der Waals surface area contributed by atoms with E-state index in [4.69, 9.17) is 15.5 Å². The lowest BCUT2D eigenvalue weighted by atomic mass is 9.94. The van der Waals surface area contributed by atoms with Crippen molar-refractivity contribution in [1.29, 1.82) is 0 Å². The molecule has 2 heterocycles. The topological polar surface area (TPSA) is 56.3 Å². The first-order valence-electron chi connectivity index (χ1n) is 7.21. The number of anilines is 1. The van der Waals surface area contributed by atoms with Crippen LogP contribution in [-0.4, -0.2) is 42.4 Å². The van der Waals surface area contributed by atoms with E-state index in [2.05, 4.69) is 29.5 Å². The zero-order chi connectivity index (χ0) is 13.8. The predicted molar refractivity (Wildman–Crippen MR) is 77.5 cm³/mol. The SMILES string of the molecule is CCc1cn(CCOC)c(N2CCC(C)C(N)C2)n1. The van der Waals surface area contributed by atoms with Crippen LogP contribution in [0.15, 0.2) is 6.20 Å². The van der Waals surface area contributed by atoms with Gasteiger partial charge < -0.3 is 19.9 Å². The summed E-state index contributed by atoms with van der Waals surface area (Å²) in [6, 6.07) is 0.242. The molecule has 1 aliphatic rings. The molecule has 0 spiro atoms. The molecule has 2 N–H and O–H groups in total. The molecule has 19 heavy (non-hydrogen) atoms. The summed E-state index contributed by atoms with van der Waals surface area (Å²) in [6.45, 7) is 7.87. The quantitative estimate of drug-likeness (QED) is 0.872. The van der Waals surface area contributed by atoms with Crippen LogP contribution in [0.4, 0.5) is 5.95 Å². The molecule has 2 rings (SSSR count). The summed E-state index contributed by atoms with van der Waals surface area (Å²) in [6.07, 6.45) is 4.24. The van der Waals surface area contributed by atoms with Gasteiger partial charge in [-0.25, -0.2) is 4.98 Å². The molecule has 1 aliphatic heterocycles. The van der Waals surface area contributed by atoms with Gasteiger partial charge >= 0.3 is 0 Å². The number of hydrogen-bond acceptors (Lipinski definition) is 4. The van der Waals surface area contributed by atoms with Crippen LogP contribution in [0.5, 0.6) is 0 Å². The molecule has 0 radical (unpaired) electrons. The van der Waals surface area contributed by atoms with Gasteiger partial charge in [-0.2, -0.15) is 0 Å². The van der Waals surface area contributed by atoms with Gasteiger partial charge in [0.25, 0.3) is 0 Å². The standard InChI is InChI=1S/C14H26N4O/c1-4-12-9-18(7-8-19-3)14(16-12)17-6-5-11(2)13(15)10-17/h9,11,13H,4-8,10,15H2,1-3H3. The first-order valence-corrected chi connectivity index (χ1v) is 7.21. The van der Waals surface area contributed by atoms with Crippen molar-refractivity contribution in [2.45, 2.75) is 39.3 Å². The lowest BCUT2D eigenvalue weighted by Crippen LogP contribution is -2.48. The molecule has 1 aromatic rings. The second-order valence-electron chi connectivity index (χ2n) is 5.45. The van der Waals surface area contributed by atoms with Gasteiger partial charge in [-0.15, -0.1) is 0 Å².